The molecule has 3 nitrogen and oxygen atoms in total. The second-order valence-electron chi connectivity index (χ2n) is 4.79. The monoisotopic (exact) mass is 277 g/mol. The van der Waals surface area contributed by atoms with Gasteiger partial charge in [-0.15, -0.1) is 0 Å². The Morgan fingerprint density at radius 3 is 2.63 bits per heavy atom. The highest BCUT2D eigenvalue weighted by Gasteiger charge is 2.28. The zero-order valence-corrected chi connectivity index (χ0v) is 12.2. The second-order valence-corrected chi connectivity index (χ2v) is 5.23. The van der Waals surface area contributed by atoms with Crippen molar-refractivity contribution >= 4 is 11.6 Å². The van der Waals surface area contributed by atoms with Gasteiger partial charge in [-0.3, -0.25) is 0 Å². The number of aromatic nitrogens is 2. The van der Waals surface area contributed by atoms with Crippen LogP contribution < -0.4 is 5.73 Å². The van der Waals surface area contributed by atoms with E-state index in [-0.39, 0.29) is 5.54 Å². The van der Waals surface area contributed by atoms with Gasteiger partial charge < -0.3 is 10.3 Å². The van der Waals surface area contributed by atoms with Crippen molar-refractivity contribution in [3.8, 4) is 11.3 Å². The van der Waals surface area contributed by atoms with Gasteiger partial charge in [-0.1, -0.05) is 37.6 Å². The van der Waals surface area contributed by atoms with Crippen LogP contribution in [0.25, 0.3) is 11.3 Å². The van der Waals surface area contributed by atoms with Crippen LogP contribution in [0.5, 0.6) is 0 Å². The summed E-state index contributed by atoms with van der Waals surface area (Å²) in [4.78, 5) is 4.30. The Labute approximate surface area is 119 Å². The first-order chi connectivity index (χ1) is 9.16. The Morgan fingerprint density at radius 2 is 2.05 bits per heavy atom. The minimum Gasteiger partial charge on any atom is -0.328 e. The smallest absolute Gasteiger partial charge is 0.0956 e. The van der Waals surface area contributed by atoms with Gasteiger partial charge in [0.25, 0.3) is 0 Å². The fraction of sp³-hybridized carbons (Fsp3) is 0.400. The van der Waals surface area contributed by atoms with E-state index in [9.17, 15) is 0 Å². The first-order valence-corrected chi connectivity index (χ1v) is 7.03. The molecule has 0 aliphatic heterocycles. The van der Waals surface area contributed by atoms with Gasteiger partial charge in [-0.25, -0.2) is 4.98 Å². The van der Waals surface area contributed by atoms with Crippen molar-refractivity contribution in [1.82, 2.24) is 9.55 Å². The number of hydrogen-bond acceptors (Lipinski definition) is 2. The van der Waals surface area contributed by atoms with E-state index in [0.29, 0.717) is 6.54 Å². The van der Waals surface area contributed by atoms with Crippen LogP contribution in [0.2, 0.25) is 5.02 Å². The van der Waals surface area contributed by atoms with Crippen LogP contribution >= 0.6 is 11.6 Å². The van der Waals surface area contributed by atoms with Gasteiger partial charge in [0.05, 0.1) is 23.8 Å². The van der Waals surface area contributed by atoms with Gasteiger partial charge in [-0.2, -0.15) is 0 Å². The third kappa shape index (κ3) is 2.53. The van der Waals surface area contributed by atoms with Crippen molar-refractivity contribution in [2.24, 2.45) is 5.73 Å². The molecule has 0 saturated heterocycles. The van der Waals surface area contributed by atoms with Gasteiger partial charge >= 0.3 is 0 Å². The lowest BCUT2D eigenvalue weighted by atomic mass is 9.92. The Balaban J connectivity index is 2.53. The third-order valence-corrected chi connectivity index (χ3v) is 4.20. The molecule has 102 valence electrons. The van der Waals surface area contributed by atoms with Crippen LogP contribution in [-0.2, 0) is 5.54 Å². The summed E-state index contributed by atoms with van der Waals surface area (Å²) in [6.45, 7) is 4.93. The molecule has 0 amide bonds. The topological polar surface area (TPSA) is 43.8 Å². The maximum absolute atomic E-state index is 6.08. The molecule has 1 heterocycles. The predicted molar refractivity (Wildman–Crippen MR) is 80.3 cm³/mol. The van der Waals surface area contributed by atoms with Gasteiger partial charge in [0, 0.05) is 17.1 Å². The van der Waals surface area contributed by atoms with E-state index < -0.39 is 0 Å². The molecule has 0 aliphatic rings. The lowest BCUT2D eigenvalue weighted by Crippen LogP contribution is -2.40. The fourth-order valence-corrected chi connectivity index (χ4v) is 2.70. The Kier molecular flexibility index (Phi) is 4.27. The predicted octanol–water partition coefficient (Wildman–Crippen LogP) is 3.68. The van der Waals surface area contributed by atoms with E-state index in [0.717, 1.165) is 29.1 Å². The molecule has 0 saturated carbocycles. The summed E-state index contributed by atoms with van der Waals surface area (Å²) in [5, 5.41) is 0.733. The molecule has 0 atom stereocenters. The van der Waals surface area contributed by atoms with Crippen molar-refractivity contribution in [2.45, 2.75) is 32.2 Å². The van der Waals surface area contributed by atoms with Gasteiger partial charge in [0.15, 0.2) is 0 Å². The minimum atomic E-state index is -0.0752. The van der Waals surface area contributed by atoms with Crippen molar-refractivity contribution in [2.75, 3.05) is 6.54 Å². The number of imidazole rings is 1. The number of hydrogen-bond donors (Lipinski definition) is 1. The molecular weight excluding hydrogens is 258 g/mol. The number of nitrogens with zero attached hydrogens (tertiary/aromatic N) is 2. The largest absolute Gasteiger partial charge is 0.328 e. The average molecular weight is 278 g/mol. The molecule has 0 fully saturated rings. The summed E-state index contributed by atoms with van der Waals surface area (Å²) < 4.78 is 2.19. The van der Waals surface area contributed by atoms with Crippen LogP contribution in [0.3, 0.4) is 0 Å². The fourth-order valence-electron chi connectivity index (χ4n) is 2.51. The first kappa shape index (κ1) is 14.1. The maximum Gasteiger partial charge on any atom is 0.0956 e. The van der Waals surface area contributed by atoms with Crippen LogP contribution in [0.15, 0.2) is 36.8 Å². The van der Waals surface area contributed by atoms with Crippen molar-refractivity contribution in [3.63, 3.8) is 0 Å². The van der Waals surface area contributed by atoms with E-state index in [4.69, 9.17) is 17.3 Å². The van der Waals surface area contributed by atoms with E-state index in [1.165, 1.54) is 0 Å². The molecule has 0 aliphatic carbocycles. The molecule has 4 heteroatoms. The van der Waals surface area contributed by atoms with Crippen LogP contribution in [0.1, 0.15) is 26.7 Å². The van der Waals surface area contributed by atoms with Crippen LogP contribution in [0.4, 0.5) is 0 Å². The summed E-state index contributed by atoms with van der Waals surface area (Å²) in [6, 6.07) is 7.84. The first-order valence-electron chi connectivity index (χ1n) is 6.65. The summed E-state index contributed by atoms with van der Waals surface area (Å²) in [5.74, 6) is 0. The summed E-state index contributed by atoms with van der Waals surface area (Å²) in [7, 11) is 0. The zero-order chi connectivity index (χ0) is 13.9. The molecule has 2 rings (SSSR count). The second kappa shape index (κ2) is 5.76. The highest BCUT2D eigenvalue weighted by Crippen LogP contribution is 2.31. The maximum atomic E-state index is 6.08. The highest BCUT2D eigenvalue weighted by molar-refractivity contribution is 6.30. The molecule has 19 heavy (non-hydrogen) atoms. The summed E-state index contributed by atoms with van der Waals surface area (Å²) >= 11 is 6.08. The lowest BCUT2D eigenvalue weighted by Gasteiger charge is -2.33. The number of benzene rings is 1. The Hall–Kier alpha value is -1.32. The van der Waals surface area contributed by atoms with Gasteiger partial charge in [0.1, 0.15) is 0 Å². The van der Waals surface area contributed by atoms with E-state index in [1.54, 1.807) is 0 Å². The van der Waals surface area contributed by atoms with Crippen molar-refractivity contribution in [1.29, 1.82) is 0 Å². The molecule has 2 N–H and O–H groups in total. The summed E-state index contributed by atoms with van der Waals surface area (Å²) in [5.41, 5.74) is 8.09. The molecular formula is C15H20ClN3. The lowest BCUT2D eigenvalue weighted by molar-refractivity contribution is 0.274. The van der Waals surface area contributed by atoms with Crippen LogP contribution in [-0.4, -0.2) is 16.1 Å². The standard InChI is InChI=1S/C15H20ClN3/c1-3-15(4-2,10-17)19-11-18-9-14(19)12-6-5-7-13(16)8-12/h5-9,11H,3-4,10,17H2,1-2H3. The number of halogens is 1. The van der Waals surface area contributed by atoms with E-state index >= 15 is 0 Å². The molecule has 1 aromatic carbocycles. The summed E-state index contributed by atoms with van der Waals surface area (Å²) in [6.07, 6.45) is 5.70. The zero-order valence-electron chi connectivity index (χ0n) is 11.4. The normalized spacial score (nSPS) is 11.8. The SMILES string of the molecule is CCC(CC)(CN)n1cncc1-c1cccc(Cl)c1. The molecule has 0 spiro atoms. The Bertz CT molecular complexity index is 536. The van der Waals surface area contributed by atoms with E-state index in [1.807, 2.05) is 36.8 Å². The van der Waals surface area contributed by atoms with Crippen molar-refractivity contribution < 1.29 is 0 Å². The Morgan fingerprint density at radius 1 is 1.32 bits per heavy atom. The van der Waals surface area contributed by atoms with E-state index in [2.05, 4.69) is 23.4 Å². The molecule has 0 bridgehead atoms. The van der Waals surface area contributed by atoms with Crippen molar-refractivity contribution in [3.05, 3.63) is 41.8 Å². The molecule has 1 aromatic heterocycles. The minimum absolute atomic E-state index is 0.0752. The highest BCUT2D eigenvalue weighted by atomic mass is 35.5. The van der Waals surface area contributed by atoms with Gasteiger partial charge in [0.2, 0.25) is 0 Å². The van der Waals surface area contributed by atoms with Gasteiger partial charge in [-0.05, 0) is 25.0 Å². The molecule has 2 aromatic rings. The number of nitrogens with two attached hydrogens (primary N) is 1. The molecule has 0 unspecified atom stereocenters. The third-order valence-electron chi connectivity index (χ3n) is 3.97. The average Bonchev–Trinajstić information content (AvgIpc) is 2.91. The molecule has 0 radical (unpaired) electrons. The van der Waals surface area contributed by atoms with Crippen LogP contribution in [0, 0.1) is 0 Å². The quantitative estimate of drug-likeness (QED) is 0.906. The number of rotatable bonds is 5.